The molecule has 0 saturated heterocycles. The SMILES string of the molecule is CCOc1ccc(N(CC(=O)N(Cc2ccc(Cl)c(Cl)c2)C(C)C(=O)NC(C)(C)C)S(C)(=O)=O)cc1. The van der Waals surface area contributed by atoms with Crippen molar-refractivity contribution >= 4 is 50.7 Å². The molecule has 0 aromatic heterocycles. The zero-order chi connectivity index (χ0) is 27.3. The van der Waals surface area contributed by atoms with Crippen molar-refractivity contribution in [3.05, 3.63) is 58.1 Å². The fourth-order valence-corrected chi connectivity index (χ4v) is 4.55. The molecule has 0 bridgehead atoms. The van der Waals surface area contributed by atoms with Gasteiger partial charge in [-0.05, 0) is 76.6 Å². The largest absolute Gasteiger partial charge is 0.494 e. The summed E-state index contributed by atoms with van der Waals surface area (Å²) in [6.45, 7) is 8.93. The van der Waals surface area contributed by atoms with Gasteiger partial charge in [-0.2, -0.15) is 0 Å². The molecule has 2 rings (SSSR count). The average molecular weight is 559 g/mol. The van der Waals surface area contributed by atoms with Crippen LogP contribution in [0.4, 0.5) is 5.69 Å². The normalized spacial score (nSPS) is 12.6. The Morgan fingerprint density at radius 3 is 2.17 bits per heavy atom. The Balaban J connectivity index is 2.41. The van der Waals surface area contributed by atoms with Gasteiger partial charge in [0.25, 0.3) is 0 Å². The Bertz CT molecular complexity index is 1180. The lowest BCUT2D eigenvalue weighted by atomic mass is 10.1. The number of benzene rings is 2. The number of sulfonamides is 1. The smallest absolute Gasteiger partial charge is 0.244 e. The number of hydrogen-bond acceptors (Lipinski definition) is 5. The van der Waals surface area contributed by atoms with E-state index in [9.17, 15) is 18.0 Å². The van der Waals surface area contributed by atoms with Gasteiger partial charge in [0.15, 0.2) is 0 Å². The Morgan fingerprint density at radius 1 is 1.06 bits per heavy atom. The van der Waals surface area contributed by atoms with Gasteiger partial charge in [0.2, 0.25) is 21.8 Å². The van der Waals surface area contributed by atoms with Crippen molar-refractivity contribution in [1.29, 1.82) is 0 Å². The van der Waals surface area contributed by atoms with Crippen molar-refractivity contribution in [3.8, 4) is 5.75 Å². The van der Waals surface area contributed by atoms with Crippen LogP contribution in [0.1, 0.15) is 40.2 Å². The Labute approximate surface area is 223 Å². The van der Waals surface area contributed by atoms with Gasteiger partial charge in [0.05, 0.1) is 28.6 Å². The van der Waals surface area contributed by atoms with Crippen molar-refractivity contribution in [1.82, 2.24) is 10.2 Å². The highest BCUT2D eigenvalue weighted by molar-refractivity contribution is 7.92. The van der Waals surface area contributed by atoms with E-state index in [0.29, 0.717) is 33.7 Å². The van der Waals surface area contributed by atoms with E-state index in [1.165, 1.54) is 4.90 Å². The minimum atomic E-state index is -3.83. The molecule has 2 aromatic rings. The topological polar surface area (TPSA) is 96.0 Å². The number of halogens is 2. The number of ether oxygens (including phenoxy) is 1. The summed E-state index contributed by atoms with van der Waals surface area (Å²) in [5.74, 6) is -0.352. The van der Waals surface area contributed by atoms with Gasteiger partial charge in [-0.25, -0.2) is 8.42 Å². The molecule has 0 heterocycles. The maximum Gasteiger partial charge on any atom is 0.244 e. The van der Waals surface area contributed by atoms with Gasteiger partial charge < -0.3 is 15.0 Å². The van der Waals surface area contributed by atoms with E-state index in [1.807, 2.05) is 27.7 Å². The molecule has 1 unspecified atom stereocenters. The lowest BCUT2D eigenvalue weighted by molar-refractivity contribution is -0.140. The molecule has 11 heteroatoms. The lowest BCUT2D eigenvalue weighted by Gasteiger charge is -2.33. The maximum atomic E-state index is 13.6. The monoisotopic (exact) mass is 557 g/mol. The fourth-order valence-electron chi connectivity index (χ4n) is 3.38. The molecule has 0 radical (unpaired) electrons. The molecule has 0 aliphatic heterocycles. The first-order chi connectivity index (χ1) is 16.6. The molecule has 2 aromatic carbocycles. The Kier molecular flexibility index (Phi) is 10.0. The minimum absolute atomic E-state index is 0.0231. The molecule has 8 nitrogen and oxygen atoms in total. The van der Waals surface area contributed by atoms with Crippen molar-refractivity contribution < 1.29 is 22.7 Å². The van der Waals surface area contributed by atoms with Crippen LogP contribution in [0, 0.1) is 0 Å². The number of carbonyl (C=O) groups excluding carboxylic acids is 2. The van der Waals surface area contributed by atoms with Crippen LogP contribution < -0.4 is 14.4 Å². The number of hydrogen-bond donors (Lipinski definition) is 1. The number of nitrogens with zero attached hydrogens (tertiary/aromatic N) is 2. The van der Waals surface area contributed by atoms with E-state index in [1.54, 1.807) is 49.4 Å². The third-order valence-electron chi connectivity index (χ3n) is 5.12. The summed E-state index contributed by atoms with van der Waals surface area (Å²) in [5, 5.41) is 3.53. The molecule has 1 N–H and O–H groups in total. The summed E-state index contributed by atoms with van der Waals surface area (Å²) in [7, 11) is -3.83. The molecular weight excluding hydrogens is 525 g/mol. The summed E-state index contributed by atoms with van der Waals surface area (Å²) in [5.41, 5.74) is 0.417. The van der Waals surface area contributed by atoms with Crippen LogP contribution in [0.3, 0.4) is 0 Å². The predicted octanol–water partition coefficient (Wildman–Crippen LogP) is 4.49. The van der Waals surface area contributed by atoms with Crippen molar-refractivity contribution in [2.45, 2.75) is 52.7 Å². The number of carbonyl (C=O) groups is 2. The second-order valence-corrected chi connectivity index (χ2v) is 12.1. The second kappa shape index (κ2) is 12.2. The molecule has 0 spiro atoms. The summed E-state index contributed by atoms with van der Waals surface area (Å²) in [4.78, 5) is 27.9. The first kappa shape index (κ1) is 29.7. The quantitative estimate of drug-likeness (QED) is 0.464. The summed E-state index contributed by atoms with van der Waals surface area (Å²) in [6.07, 6.45) is 1.02. The number of nitrogens with one attached hydrogen (secondary N) is 1. The fraction of sp³-hybridized carbons (Fsp3) is 0.440. The highest BCUT2D eigenvalue weighted by Gasteiger charge is 2.31. The highest BCUT2D eigenvalue weighted by Crippen LogP contribution is 2.25. The van der Waals surface area contributed by atoms with Crippen LogP contribution in [0.15, 0.2) is 42.5 Å². The summed E-state index contributed by atoms with van der Waals surface area (Å²) >= 11 is 12.2. The first-order valence-electron chi connectivity index (χ1n) is 11.4. The first-order valence-corrected chi connectivity index (χ1v) is 14.0. The zero-order valence-electron chi connectivity index (χ0n) is 21.3. The third-order valence-corrected chi connectivity index (χ3v) is 7.00. The second-order valence-electron chi connectivity index (χ2n) is 9.38. The van der Waals surface area contributed by atoms with Gasteiger partial charge in [0, 0.05) is 12.1 Å². The standard InChI is InChI=1S/C25H33Cl2N3O5S/c1-7-35-20-11-9-19(10-12-20)30(36(6,33)34)16-23(31)29(17(2)24(32)28-25(3,4)5)15-18-8-13-21(26)22(27)14-18/h8-14,17H,7,15-16H2,1-6H3,(H,28,32). The maximum absolute atomic E-state index is 13.6. The van der Waals surface area contributed by atoms with Gasteiger partial charge in [-0.15, -0.1) is 0 Å². The van der Waals surface area contributed by atoms with Crippen LogP contribution >= 0.6 is 23.2 Å². The van der Waals surface area contributed by atoms with Crippen molar-refractivity contribution in [2.24, 2.45) is 0 Å². The van der Waals surface area contributed by atoms with E-state index in [4.69, 9.17) is 27.9 Å². The molecule has 1 atom stereocenters. The van der Waals surface area contributed by atoms with E-state index in [0.717, 1.165) is 10.6 Å². The molecule has 2 amide bonds. The van der Waals surface area contributed by atoms with Crippen LogP contribution in [0.25, 0.3) is 0 Å². The predicted molar refractivity (Wildman–Crippen MR) is 144 cm³/mol. The van der Waals surface area contributed by atoms with Crippen LogP contribution in [-0.2, 0) is 26.2 Å². The van der Waals surface area contributed by atoms with Crippen molar-refractivity contribution in [2.75, 3.05) is 23.7 Å². The van der Waals surface area contributed by atoms with Gasteiger partial charge in [0.1, 0.15) is 18.3 Å². The third kappa shape index (κ3) is 8.57. The van der Waals surface area contributed by atoms with Gasteiger partial charge in [-0.3, -0.25) is 13.9 Å². The summed E-state index contributed by atoms with van der Waals surface area (Å²) < 4.78 is 31.7. The lowest BCUT2D eigenvalue weighted by Crippen LogP contribution is -2.54. The van der Waals surface area contributed by atoms with Crippen LogP contribution in [-0.4, -0.2) is 56.1 Å². The molecule has 0 saturated carbocycles. The molecular formula is C25H33Cl2N3O5S. The molecule has 198 valence electrons. The Morgan fingerprint density at radius 2 is 1.67 bits per heavy atom. The van der Waals surface area contributed by atoms with E-state index in [2.05, 4.69) is 5.32 Å². The number of anilines is 1. The average Bonchev–Trinajstić information content (AvgIpc) is 2.76. The van der Waals surface area contributed by atoms with Crippen LogP contribution in [0.2, 0.25) is 10.0 Å². The van der Waals surface area contributed by atoms with E-state index >= 15 is 0 Å². The highest BCUT2D eigenvalue weighted by atomic mass is 35.5. The zero-order valence-corrected chi connectivity index (χ0v) is 23.7. The van der Waals surface area contributed by atoms with Crippen LogP contribution in [0.5, 0.6) is 5.75 Å². The van der Waals surface area contributed by atoms with E-state index in [-0.39, 0.29) is 12.5 Å². The number of rotatable bonds is 10. The summed E-state index contributed by atoms with van der Waals surface area (Å²) in [6, 6.07) is 10.4. The van der Waals surface area contributed by atoms with Gasteiger partial charge >= 0.3 is 0 Å². The minimum Gasteiger partial charge on any atom is -0.494 e. The molecule has 0 fully saturated rings. The van der Waals surface area contributed by atoms with Gasteiger partial charge in [-0.1, -0.05) is 29.3 Å². The number of amides is 2. The molecule has 0 aliphatic rings. The molecule has 0 aliphatic carbocycles. The molecule has 36 heavy (non-hydrogen) atoms. The Hall–Kier alpha value is -2.49. The van der Waals surface area contributed by atoms with Crippen molar-refractivity contribution in [3.63, 3.8) is 0 Å². The van der Waals surface area contributed by atoms with E-state index < -0.39 is 34.1 Å².